The Kier molecular flexibility index (Phi) is 5.87. The van der Waals surface area contributed by atoms with E-state index in [1.807, 2.05) is 0 Å². The lowest BCUT2D eigenvalue weighted by Crippen LogP contribution is -2.28. The zero-order valence-corrected chi connectivity index (χ0v) is 16.3. The third-order valence-corrected chi connectivity index (χ3v) is 4.85. The van der Waals surface area contributed by atoms with Crippen molar-refractivity contribution in [2.24, 2.45) is 0 Å². The topological polar surface area (TPSA) is 100 Å². The second kappa shape index (κ2) is 8.90. The standard InChI is InChI=1S/C21H19F2N5O3/c22-15-3-1-13(2-4-15)11-28-12-14(9-19(28)29)20-26-18(31-27-20)10-24-21(30)25-17-7-5-16(23)6-8-17/h1-8,14H,9-12H2,(H2,24,25,30)/t14-/m0/s1. The van der Waals surface area contributed by atoms with Crippen molar-refractivity contribution in [3.05, 3.63) is 77.4 Å². The van der Waals surface area contributed by atoms with Crippen LogP contribution in [0.4, 0.5) is 19.3 Å². The van der Waals surface area contributed by atoms with Crippen molar-refractivity contribution >= 4 is 17.6 Å². The molecule has 3 aromatic rings. The van der Waals surface area contributed by atoms with Gasteiger partial charge in [-0.3, -0.25) is 4.79 Å². The summed E-state index contributed by atoms with van der Waals surface area (Å²) in [6.45, 7) is 0.805. The minimum absolute atomic E-state index is 0.0000117. The van der Waals surface area contributed by atoms with Crippen molar-refractivity contribution in [2.45, 2.75) is 25.4 Å². The van der Waals surface area contributed by atoms with Crippen molar-refractivity contribution < 1.29 is 22.9 Å². The summed E-state index contributed by atoms with van der Waals surface area (Å²) in [5, 5.41) is 9.06. The van der Waals surface area contributed by atoms with Gasteiger partial charge in [0.25, 0.3) is 0 Å². The minimum atomic E-state index is -0.507. The van der Waals surface area contributed by atoms with E-state index in [0.29, 0.717) is 24.6 Å². The van der Waals surface area contributed by atoms with Gasteiger partial charge in [-0.2, -0.15) is 4.98 Å². The van der Waals surface area contributed by atoms with E-state index in [9.17, 15) is 18.4 Å². The van der Waals surface area contributed by atoms with Gasteiger partial charge in [-0.05, 0) is 42.0 Å². The van der Waals surface area contributed by atoms with Crippen LogP contribution in [0.3, 0.4) is 0 Å². The fourth-order valence-corrected chi connectivity index (χ4v) is 3.28. The van der Waals surface area contributed by atoms with Gasteiger partial charge in [0.1, 0.15) is 11.6 Å². The van der Waals surface area contributed by atoms with Gasteiger partial charge in [0.2, 0.25) is 11.8 Å². The van der Waals surface area contributed by atoms with Crippen LogP contribution in [0, 0.1) is 11.6 Å². The zero-order chi connectivity index (χ0) is 21.8. The lowest BCUT2D eigenvalue weighted by molar-refractivity contribution is -0.128. The Morgan fingerprint density at radius 2 is 1.77 bits per heavy atom. The Morgan fingerprint density at radius 3 is 2.48 bits per heavy atom. The third kappa shape index (κ3) is 5.21. The van der Waals surface area contributed by atoms with Gasteiger partial charge in [-0.25, -0.2) is 13.6 Å². The van der Waals surface area contributed by atoms with Crippen LogP contribution in [0.5, 0.6) is 0 Å². The van der Waals surface area contributed by atoms with Crippen LogP contribution >= 0.6 is 0 Å². The van der Waals surface area contributed by atoms with Crippen LogP contribution in [0.1, 0.15) is 29.6 Å². The summed E-state index contributed by atoms with van der Waals surface area (Å²) in [7, 11) is 0. The van der Waals surface area contributed by atoms with E-state index in [4.69, 9.17) is 4.52 Å². The van der Waals surface area contributed by atoms with E-state index in [0.717, 1.165) is 5.56 Å². The van der Waals surface area contributed by atoms with Crippen molar-refractivity contribution in [1.82, 2.24) is 20.4 Å². The van der Waals surface area contributed by atoms with Crippen molar-refractivity contribution in [1.29, 1.82) is 0 Å². The fourth-order valence-electron chi connectivity index (χ4n) is 3.28. The first-order valence-electron chi connectivity index (χ1n) is 9.61. The zero-order valence-electron chi connectivity index (χ0n) is 16.3. The summed E-state index contributed by atoms with van der Waals surface area (Å²) >= 11 is 0. The molecular weight excluding hydrogens is 408 g/mol. The Hall–Kier alpha value is -3.82. The van der Waals surface area contributed by atoms with E-state index < -0.39 is 11.8 Å². The van der Waals surface area contributed by atoms with Crippen LogP contribution in [0.15, 0.2) is 53.1 Å². The first-order chi connectivity index (χ1) is 15.0. The number of carbonyl (C=O) groups is 2. The molecule has 1 atom stereocenters. The molecule has 31 heavy (non-hydrogen) atoms. The number of hydrogen-bond acceptors (Lipinski definition) is 5. The Balaban J connectivity index is 1.29. The highest BCUT2D eigenvalue weighted by molar-refractivity contribution is 5.89. The average Bonchev–Trinajstić information content (AvgIpc) is 3.37. The van der Waals surface area contributed by atoms with Gasteiger partial charge in [-0.15, -0.1) is 0 Å². The van der Waals surface area contributed by atoms with Gasteiger partial charge in [0, 0.05) is 31.1 Å². The largest absolute Gasteiger partial charge is 0.338 e. The molecule has 160 valence electrons. The summed E-state index contributed by atoms with van der Waals surface area (Å²) in [5.41, 5.74) is 1.27. The molecular formula is C21H19F2N5O3. The summed E-state index contributed by atoms with van der Waals surface area (Å²) in [4.78, 5) is 30.2. The number of carbonyl (C=O) groups excluding carboxylic acids is 2. The Labute approximate surface area is 176 Å². The highest BCUT2D eigenvalue weighted by atomic mass is 19.1. The third-order valence-electron chi connectivity index (χ3n) is 4.85. The summed E-state index contributed by atoms with van der Waals surface area (Å²) in [6, 6.07) is 10.9. The van der Waals surface area contributed by atoms with Crippen LogP contribution in [-0.4, -0.2) is 33.5 Å². The number of urea groups is 1. The highest BCUT2D eigenvalue weighted by Crippen LogP contribution is 2.27. The van der Waals surface area contributed by atoms with Gasteiger partial charge < -0.3 is 20.1 Å². The quantitative estimate of drug-likeness (QED) is 0.629. The molecule has 0 unspecified atom stereocenters. The smallest absolute Gasteiger partial charge is 0.319 e. The molecule has 1 aliphatic heterocycles. The molecule has 2 heterocycles. The molecule has 1 fully saturated rings. The maximum atomic E-state index is 13.0. The number of nitrogens with one attached hydrogen (secondary N) is 2. The molecule has 2 N–H and O–H groups in total. The number of likely N-dealkylation sites (tertiary alicyclic amines) is 1. The first-order valence-corrected chi connectivity index (χ1v) is 9.61. The molecule has 3 amide bonds. The first kappa shape index (κ1) is 20.5. The fraction of sp³-hybridized carbons (Fsp3) is 0.238. The summed E-state index contributed by atoms with van der Waals surface area (Å²) < 4.78 is 31.1. The molecule has 1 aromatic heterocycles. The molecule has 2 aromatic carbocycles. The highest BCUT2D eigenvalue weighted by Gasteiger charge is 2.33. The summed E-state index contributed by atoms with van der Waals surface area (Å²) in [6.07, 6.45) is 0.249. The SMILES string of the molecule is O=C(NCc1nc([C@H]2CC(=O)N(Cc3ccc(F)cc3)C2)no1)Nc1ccc(F)cc1. The molecule has 4 rings (SSSR count). The second-order valence-corrected chi connectivity index (χ2v) is 7.16. The molecule has 0 spiro atoms. The number of aromatic nitrogens is 2. The Bertz CT molecular complexity index is 1070. The molecule has 0 saturated carbocycles. The number of nitrogens with zero attached hydrogens (tertiary/aromatic N) is 3. The van der Waals surface area contributed by atoms with Gasteiger partial charge in [0.05, 0.1) is 6.54 Å². The van der Waals surface area contributed by atoms with Crippen LogP contribution in [-0.2, 0) is 17.9 Å². The molecule has 1 saturated heterocycles. The van der Waals surface area contributed by atoms with Gasteiger partial charge >= 0.3 is 6.03 Å². The number of anilines is 1. The lowest BCUT2D eigenvalue weighted by Gasteiger charge is -2.16. The van der Waals surface area contributed by atoms with E-state index in [1.165, 1.54) is 36.4 Å². The van der Waals surface area contributed by atoms with Crippen LogP contribution < -0.4 is 10.6 Å². The number of benzene rings is 2. The molecule has 1 aliphatic rings. The number of hydrogen-bond donors (Lipinski definition) is 2. The van der Waals surface area contributed by atoms with Crippen LogP contribution in [0.25, 0.3) is 0 Å². The molecule has 10 heteroatoms. The molecule has 8 nitrogen and oxygen atoms in total. The second-order valence-electron chi connectivity index (χ2n) is 7.16. The predicted octanol–water partition coefficient (Wildman–Crippen LogP) is 3.19. The average molecular weight is 427 g/mol. The number of rotatable bonds is 6. The monoisotopic (exact) mass is 427 g/mol. The van der Waals surface area contributed by atoms with E-state index in [2.05, 4.69) is 20.8 Å². The number of amides is 3. The van der Waals surface area contributed by atoms with Crippen LogP contribution in [0.2, 0.25) is 0 Å². The molecule has 0 aliphatic carbocycles. The normalized spacial score (nSPS) is 15.9. The Morgan fingerprint density at radius 1 is 1.10 bits per heavy atom. The van der Waals surface area contributed by atoms with E-state index in [1.54, 1.807) is 17.0 Å². The van der Waals surface area contributed by atoms with Crippen molar-refractivity contribution in [3.8, 4) is 0 Å². The van der Waals surface area contributed by atoms with Crippen molar-refractivity contribution in [2.75, 3.05) is 11.9 Å². The van der Waals surface area contributed by atoms with Gasteiger partial charge in [-0.1, -0.05) is 17.3 Å². The molecule has 0 radical (unpaired) electrons. The lowest BCUT2D eigenvalue weighted by atomic mass is 10.1. The van der Waals surface area contributed by atoms with Crippen molar-refractivity contribution in [3.63, 3.8) is 0 Å². The maximum absolute atomic E-state index is 13.0. The van der Waals surface area contributed by atoms with E-state index in [-0.39, 0.29) is 36.5 Å². The maximum Gasteiger partial charge on any atom is 0.319 e. The predicted molar refractivity (Wildman–Crippen MR) is 106 cm³/mol. The summed E-state index contributed by atoms with van der Waals surface area (Å²) in [5.74, 6) is -0.394. The minimum Gasteiger partial charge on any atom is -0.338 e. The van der Waals surface area contributed by atoms with Gasteiger partial charge in [0.15, 0.2) is 5.82 Å². The molecule has 0 bridgehead atoms. The number of halogens is 2. The van der Waals surface area contributed by atoms with E-state index >= 15 is 0 Å².